The van der Waals surface area contributed by atoms with Crippen LogP contribution in [-0.2, 0) is 16.0 Å². The summed E-state index contributed by atoms with van der Waals surface area (Å²) in [6.45, 7) is 0.120. The van der Waals surface area contributed by atoms with E-state index in [1.165, 1.54) is 0 Å². The lowest BCUT2D eigenvalue weighted by Gasteiger charge is -2.13. The van der Waals surface area contributed by atoms with Gasteiger partial charge in [-0.2, -0.15) is 5.10 Å². The molecule has 2 aromatic rings. The molecule has 3 rings (SSSR count). The number of benzene rings is 2. The first-order valence-electron chi connectivity index (χ1n) is 7.34. The maximum atomic E-state index is 12.2. The largest absolute Gasteiger partial charge is 0.442 e. The molecule has 0 unspecified atom stereocenters. The zero-order valence-corrected chi connectivity index (χ0v) is 16.1. The second-order valence-corrected chi connectivity index (χ2v) is 7.16. The zero-order valence-electron chi connectivity index (χ0n) is 12.9. The van der Waals surface area contributed by atoms with Gasteiger partial charge >= 0.3 is 6.09 Å². The lowest BCUT2D eigenvalue weighted by molar-refractivity contribution is -0.115. The van der Waals surface area contributed by atoms with Gasteiger partial charge in [0, 0.05) is 20.2 Å². The zero-order chi connectivity index (χ0) is 17.8. The molecule has 1 aliphatic rings. The lowest BCUT2D eigenvalue weighted by Crippen LogP contribution is -2.30. The van der Waals surface area contributed by atoms with Gasteiger partial charge in [-0.15, -0.1) is 0 Å². The highest BCUT2D eigenvalue weighted by molar-refractivity contribution is 9.11. The molecule has 0 saturated heterocycles. The Morgan fingerprint density at radius 2 is 1.84 bits per heavy atom. The van der Waals surface area contributed by atoms with Crippen LogP contribution in [0.1, 0.15) is 11.1 Å². The molecule has 0 aromatic heterocycles. The summed E-state index contributed by atoms with van der Waals surface area (Å²) in [4.78, 5) is 23.1. The topological polar surface area (TPSA) is 79.8 Å². The summed E-state index contributed by atoms with van der Waals surface area (Å²) >= 11 is 6.82. The smallest absolute Gasteiger partial charge is 0.428 e. The van der Waals surface area contributed by atoms with E-state index < -0.39 is 6.09 Å². The fourth-order valence-electron chi connectivity index (χ4n) is 2.31. The van der Waals surface area contributed by atoms with Crippen LogP contribution < -0.4 is 10.7 Å². The molecule has 0 radical (unpaired) electrons. The van der Waals surface area contributed by atoms with E-state index in [4.69, 9.17) is 4.74 Å². The molecule has 6 nitrogen and oxygen atoms in total. The first-order valence-corrected chi connectivity index (χ1v) is 8.93. The molecule has 0 aliphatic carbocycles. The summed E-state index contributed by atoms with van der Waals surface area (Å²) in [5.74, 6) is -0.108. The van der Waals surface area contributed by atoms with Gasteiger partial charge in [-0.25, -0.2) is 10.2 Å². The minimum atomic E-state index is -0.563. The van der Waals surface area contributed by atoms with Gasteiger partial charge in [0.15, 0.2) is 0 Å². The summed E-state index contributed by atoms with van der Waals surface area (Å²) in [5, 5.41) is 6.80. The third-order valence-corrected chi connectivity index (χ3v) is 4.33. The molecule has 0 saturated carbocycles. The molecule has 25 heavy (non-hydrogen) atoms. The number of rotatable bonds is 4. The van der Waals surface area contributed by atoms with Gasteiger partial charge in [-0.3, -0.25) is 4.79 Å². The van der Waals surface area contributed by atoms with Crippen molar-refractivity contribution in [3.63, 3.8) is 0 Å². The van der Waals surface area contributed by atoms with Crippen LogP contribution in [0.2, 0.25) is 0 Å². The van der Waals surface area contributed by atoms with Crippen LogP contribution in [0.15, 0.2) is 56.5 Å². The summed E-state index contributed by atoms with van der Waals surface area (Å²) in [6.07, 6.45) is -0.293. The minimum Gasteiger partial charge on any atom is -0.442 e. The van der Waals surface area contributed by atoms with Gasteiger partial charge in [0.1, 0.15) is 12.3 Å². The first-order chi connectivity index (χ1) is 12.0. The van der Waals surface area contributed by atoms with Crippen LogP contribution in [0.3, 0.4) is 0 Å². The third-order valence-electron chi connectivity index (χ3n) is 3.41. The minimum absolute atomic E-state index is 0.108. The van der Waals surface area contributed by atoms with Crippen LogP contribution in [0, 0.1) is 0 Å². The van der Waals surface area contributed by atoms with E-state index in [-0.39, 0.29) is 18.9 Å². The standard InChI is InChI=1S/C17H13Br2N3O3/c18-12-5-10(6-13(19)8-12)7-16(23)20-14-3-1-11(2-4-14)15-9-25-17(24)22-21-15/h1-6,8H,7,9H2,(H,20,23)(H,22,24). The van der Waals surface area contributed by atoms with Crippen molar-refractivity contribution in [3.8, 4) is 0 Å². The second-order valence-electron chi connectivity index (χ2n) is 5.33. The van der Waals surface area contributed by atoms with Crippen molar-refractivity contribution in [2.75, 3.05) is 11.9 Å². The van der Waals surface area contributed by atoms with Gasteiger partial charge in [0.05, 0.1) is 6.42 Å². The van der Waals surface area contributed by atoms with Gasteiger partial charge in [-0.05, 0) is 35.9 Å². The Balaban J connectivity index is 1.63. The predicted molar refractivity (Wildman–Crippen MR) is 102 cm³/mol. The van der Waals surface area contributed by atoms with Crippen molar-refractivity contribution >= 4 is 55.3 Å². The van der Waals surface area contributed by atoms with E-state index in [0.717, 1.165) is 20.1 Å². The van der Waals surface area contributed by atoms with E-state index >= 15 is 0 Å². The summed E-state index contributed by atoms with van der Waals surface area (Å²) < 4.78 is 6.69. The lowest BCUT2D eigenvalue weighted by atomic mass is 10.1. The molecular weight excluding hydrogens is 454 g/mol. The Hall–Kier alpha value is -2.19. The number of nitrogens with zero attached hydrogens (tertiary/aromatic N) is 1. The summed E-state index contributed by atoms with van der Waals surface area (Å²) in [7, 11) is 0. The number of hydrazone groups is 1. The summed E-state index contributed by atoms with van der Waals surface area (Å²) in [6, 6.07) is 12.9. The van der Waals surface area contributed by atoms with E-state index in [0.29, 0.717) is 11.4 Å². The van der Waals surface area contributed by atoms with Crippen molar-refractivity contribution in [2.24, 2.45) is 5.10 Å². The van der Waals surface area contributed by atoms with Crippen molar-refractivity contribution in [2.45, 2.75) is 6.42 Å². The van der Waals surface area contributed by atoms with Crippen LogP contribution in [0.4, 0.5) is 10.5 Å². The molecular formula is C17H13Br2N3O3. The van der Waals surface area contributed by atoms with Crippen molar-refractivity contribution < 1.29 is 14.3 Å². The highest BCUT2D eigenvalue weighted by Gasteiger charge is 2.14. The van der Waals surface area contributed by atoms with Gasteiger partial charge in [-0.1, -0.05) is 44.0 Å². The molecule has 128 valence electrons. The second kappa shape index (κ2) is 7.79. The summed E-state index contributed by atoms with van der Waals surface area (Å²) in [5.41, 5.74) is 5.29. The molecule has 0 fully saturated rings. The average molecular weight is 467 g/mol. The van der Waals surface area contributed by atoms with E-state index in [1.807, 2.05) is 30.3 Å². The quantitative estimate of drug-likeness (QED) is 0.718. The van der Waals surface area contributed by atoms with Gasteiger partial charge < -0.3 is 10.1 Å². The molecule has 0 bridgehead atoms. The van der Waals surface area contributed by atoms with Gasteiger partial charge in [0.25, 0.3) is 0 Å². The van der Waals surface area contributed by atoms with E-state index in [1.54, 1.807) is 12.1 Å². The maximum Gasteiger partial charge on any atom is 0.428 e. The van der Waals surface area contributed by atoms with Crippen molar-refractivity contribution in [1.29, 1.82) is 0 Å². The molecule has 0 atom stereocenters. The van der Waals surface area contributed by atoms with Crippen molar-refractivity contribution in [1.82, 2.24) is 5.43 Å². The first kappa shape index (κ1) is 17.6. The Labute approximate surface area is 160 Å². The van der Waals surface area contributed by atoms with E-state index in [2.05, 4.69) is 47.7 Å². The molecule has 2 amide bonds. The Bertz CT molecular complexity index is 830. The SMILES string of the molecule is O=C(Cc1cc(Br)cc(Br)c1)Nc1ccc(C2=NNC(=O)OC2)cc1. The molecule has 0 spiro atoms. The number of amides is 2. The fourth-order valence-corrected chi connectivity index (χ4v) is 3.70. The Morgan fingerprint density at radius 3 is 2.44 bits per heavy atom. The fraction of sp³-hybridized carbons (Fsp3) is 0.118. The maximum absolute atomic E-state index is 12.2. The number of carbonyl (C=O) groups is 2. The van der Waals surface area contributed by atoms with Crippen LogP contribution in [0.25, 0.3) is 0 Å². The number of anilines is 1. The van der Waals surface area contributed by atoms with Crippen molar-refractivity contribution in [3.05, 3.63) is 62.5 Å². The number of hydrogen-bond donors (Lipinski definition) is 2. The number of hydrogen-bond acceptors (Lipinski definition) is 4. The molecule has 2 aromatic carbocycles. The number of halogens is 2. The third kappa shape index (κ3) is 4.90. The molecule has 2 N–H and O–H groups in total. The number of cyclic esters (lactones) is 1. The normalized spacial score (nSPS) is 13.5. The Kier molecular flexibility index (Phi) is 5.50. The van der Waals surface area contributed by atoms with Crippen LogP contribution in [-0.4, -0.2) is 24.3 Å². The van der Waals surface area contributed by atoms with Crippen LogP contribution in [0.5, 0.6) is 0 Å². The van der Waals surface area contributed by atoms with Gasteiger partial charge in [0.2, 0.25) is 5.91 Å². The monoisotopic (exact) mass is 465 g/mol. The predicted octanol–water partition coefficient (Wildman–Crippen LogP) is 3.84. The van der Waals surface area contributed by atoms with E-state index in [9.17, 15) is 9.59 Å². The number of ether oxygens (including phenoxy) is 1. The molecule has 1 heterocycles. The Morgan fingerprint density at radius 1 is 1.16 bits per heavy atom. The highest BCUT2D eigenvalue weighted by atomic mass is 79.9. The molecule has 1 aliphatic heterocycles. The number of carbonyl (C=O) groups excluding carboxylic acids is 2. The van der Waals surface area contributed by atoms with Crippen LogP contribution >= 0.6 is 31.9 Å². The highest BCUT2D eigenvalue weighted by Crippen LogP contribution is 2.21. The average Bonchev–Trinajstić information content (AvgIpc) is 2.55. The number of nitrogens with one attached hydrogen (secondary N) is 2. The molecule has 8 heteroatoms.